The Labute approximate surface area is 303 Å². The molecular formula is C43H66ClNO4. The van der Waals surface area contributed by atoms with Crippen molar-refractivity contribution in [3.8, 4) is 11.3 Å². The average Bonchev–Trinajstić information content (AvgIpc) is 3.44. The molecule has 49 heavy (non-hydrogen) atoms. The van der Waals surface area contributed by atoms with Crippen LogP contribution in [-0.2, 0) is 10.2 Å². The van der Waals surface area contributed by atoms with Crippen LogP contribution in [0.3, 0.4) is 0 Å². The maximum atomic E-state index is 12.3. The van der Waals surface area contributed by atoms with Crippen molar-refractivity contribution in [3.63, 3.8) is 0 Å². The minimum absolute atomic E-state index is 0.00842. The van der Waals surface area contributed by atoms with Gasteiger partial charge in [-0.25, -0.2) is 4.98 Å². The second kappa shape index (κ2) is 20.1. The molecule has 0 spiro atoms. The summed E-state index contributed by atoms with van der Waals surface area (Å²) >= 11 is 5.99. The van der Waals surface area contributed by atoms with Gasteiger partial charge >= 0.3 is 5.97 Å². The fraction of sp³-hybridized carbons (Fsp3) is 0.605. The molecule has 0 amide bonds. The van der Waals surface area contributed by atoms with Crippen molar-refractivity contribution in [2.75, 3.05) is 0 Å². The summed E-state index contributed by atoms with van der Waals surface area (Å²) < 4.78 is 5.93. The highest BCUT2D eigenvalue weighted by atomic mass is 35.5. The van der Waals surface area contributed by atoms with Crippen molar-refractivity contribution in [3.05, 3.63) is 64.9 Å². The van der Waals surface area contributed by atoms with E-state index in [4.69, 9.17) is 21.0 Å². The van der Waals surface area contributed by atoms with Crippen LogP contribution >= 0.6 is 11.6 Å². The number of allylic oxidation sites excluding steroid dienone is 1. The number of unbranched alkanes of at least 4 members (excludes halogenated alkanes) is 1. The number of rotatable bonds is 8. The smallest absolute Gasteiger partial charge is 0.309 e. The van der Waals surface area contributed by atoms with Crippen LogP contribution in [0.4, 0.5) is 0 Å². The lowest BCUT2D eigenvalue weighted by Gasteiger charge is -2.33. The molecule has 274 valence electrons. The van der Waals surface area contributed by atoms with Gasteiger partial charge in [0, 0.05) is 28.1 Å². The summed E-state index contributed by atoms with van der Waals surface area (Å²) in [6, 6.07) is 11.4. The van der Waals surface area contributed by atoms with Gasteiger partial charge in [0.05, 0.1) is 11.1 Å². The van der Waals surface area contributed by atoms with Gasteiger partial charge in [-0.05, 0) is 61.6 Å². The molecule has 0 bridgehead atoms. The van der Waals surface area contributed by atoms with E-state index in [0.717, 1.165) is 48.1 Å². The first kappa shape index (κ1) is 44.1. The number of carboxylic acid groups (broad SMARTS) is 1. The van der Waals surface area contributed by atoms with Crippen molar-refractivity contribution in [2.45, 2.75) is 153 Å². The molecule has 0 radical (unpaired) electrons. The molecule has 4 rings (SSSR count). The summed E-state index contributed by atoms with van der Waals surface area (Å²) in [5, 5.41) is 9.89. The summed E-state index contributed by atoms with van der Waals surface area (Å²) in [5.41, 5.74) is 5.18. The molecule has 1 aliphatic rings. The van der Waals surface area contributed by atoms with E-state index in [1.165, 1.54) is 32.1 Å². The minimum Gasteiger partial charge on any atom is -0.481 e. The van der Waals surface area contributed by atoms with Gasteiger partial charge in [-0.3, -0.25) is 9.59 Å². The molecule has 0 saturated heterocycles. The van der Waals surface area contributed by atoms with Gasteiger partial charge in [0.2, 0.25) is 5.78 Å². The van der Waals surface area contributed by atoms with Gasteiger partial charge in [0.15, 0.2) is 11.3 Å². The van der Waals surface area contributed by atoms with E-state index in [2.05, 4.69) is 68.9 Å². The topological polar surface area (TPSA) is 80.4 Å². The number of halogens is 1. The predicted molar refractivity (Wildman–Crippen MR) is 210 cm³/mol. The van der Waals surface area contributed by atoms with Crippen LogP contribution in [0, 0.1) is 16.7 Å². The maximum absolute atomic E-state index is 12.3. The largest absolute Gasteiger partial charge is 0.481 e. The molecule has 1 aliphatic carbocycles. The molecule has 3 aromatic rings. The number of furan rings is 1. The van der Waals surface area contributed by atoms with E-state index in [9.17, 15) is 14.7 Å². The van der Waals surface area contributed by atoms with Gasteiger partial charge in [-0.15, -0.1) is 6.58 Å². The first-order valence-corrected chi connectivity index (χ1v) is 18.7. The second-order valence-corrected chi connectivity index (χ2v) is 16.7. The maximum Gasteiger partial charge on any atom is 0.309 e. The lowest BCUT2D eigenvalue weighted by atomic mass is 9.70. The third-order valence-corrected chi connectivity index (χ3v) is 8.85. The first-order valence-electron chi connectivity index (χ1n) is 18.3. The zero-order chi connectivity index (χ0) is 37.6. The van der Waals surface area contributed by atoms with Gasteiger partial charge in [-0.2, -0.15) is 0 Å². The summed E-state index contributed by atoms with van der Waals surface area (Å²) in [6.07, 6.45) is 10.9. The Morgan fingerprint density at radius 2 is 1.49 bits per heavy atom. The molecule has 1 N–H and O–H groups in total. The summed E-state index contributed by atoms with van der Waals surface area (Å²) in [5.74, 6) is -0.383. The van der Waals surface area contributed by atoms with Crippen LogP contribution in [0.15, 0.2) is 53.0 Å². The third-order valence-electron chi connectivity index (χ3n) is 8.60. The van der Waals surface area contributed by atoms with E-state index < -0.39 is 11.4 Å². The number of aliphatic carboxylic acids is 1. The fourth-order valence-electron chi connectivity index (χ4n) is 5.78. The van der Waals surface area contributed by atoms with Crippen molar-refractivity contribution in [1.29, 1.82) is 0 Å². The number of hydrogen-bond donors (Lipinski definition) is 1. The third kappa shape index (κ3) is 14.8. The summed E-state index contributed by atoms with van der Waals surface area (Å²) in [7, 11) is 0. The molecule has 0 aliphatic heterocycles. The van der Waals surface area contributed by atoms with Crippen LogP contribution < -0.4 is 0 Å². The molecule has 6 heteroatoms. The number of carboxylic acids is 1. The van der Waals surface area contributed by atoms with E-state index in [1.807, 2.05) is 51.1 Å². The van der Waals surface area contributed by atoms with Gasteiger partial charge in [0.25, 0.3) is 0 Å². The average molecular weight is 696 g/mol. The Hall–Kier alpha value is -2.92. The first-order chi connectivity index (χ1) is 22.7. The monoisotopic (exact) mass is 695 g/mol. The van der Waals surface area contributed by atoms with Crippen molar-refractivity contribution < 1.29 is 19.1 Å². The number of fused-ring (bicyclic) bond motifs is 1. The van der Waals surface area contributed by atoms with E-state index in [0.29, 0.717) is 33.7 Å². The fourth-order valence-corrected chi connectivity index (χ4v) is 5.90. The highest BCUT2D eigenvalue weighted by Crippen LogP contribution is 2.41. The quantitative estimate of drug-likeness (QED) is 0.187. The zero-order valence-electron chi connectivity index (χ0n) is 32.8. The number of ketones is 1. The van der Waals surface area contributed by atoms with Crippen molar-refractivity contribution in [1.82, 2.24) is 4.98 Å². The van der Waals surface area contributed by atoms with E-state index >= 15 is 0 Å². The molecule has 0 unspecified atom stereocenters. The van der Waals surface area contributed by atoms with Crippen molar-refractivity contribution in [2.24, 2.45) is 16.7 Å². The summed E-state index contributed by atoms with van der Waals surface area (Å²) in [6.45, 7) is 29.3. The molecule has 2 heterocycles. The van der Waals surface area contributed by atoms with Crippen molar-refractivity contribution >= 4 is 34.5 Å². The standard InChI is InChI=1S/C21H22ClNO2.C11H18O2.C7H16.C4H10/c1-12(2)19(24)18-11-17-20(25-18)15(21(3,4)5)10-16(23-17)13-6-8-14(22)9-7-13;1-9(2)8-11(10(12)13)6-4-3-5-7-11;1-5-6-7(2,3)4;1-3-4-2/h6-12H,1-5H3;1,3-8H2,2H3,(H,12,13);5-6H2,1-4H3;3-4H2,1-2H3. The van der Waals surface area contributed by atoms with E-state index in [1.54, 1.807) is 6.07 Å². The Morgan fingerprint density at radius 3 is 1.88 bits per heavy atom. The van der Waals surface area contributed by atoms with Gasteiger partial charge in [0.1, 0.15) is 5.52 Å². The molecule has 5 nitrogen and oxygen atoms in total. The highest BCUT2D eigenvalue weighted by Gasteiger charge is 2.39. The number of aromatic nitrogens is 1. The lowest BCUT2D eigenvalue weighted by molar-refractivity contribution is -0.151. The zero-order valence-corrected chi connectivity index (χ0v) is 33.6. The van der Waals surface area contributed by atoms with Crippen LogP contribution in [-0.4, -0.2) is 21.8 Å². The van der Waals surface area contributed by atoms with Crippen LogP contribution in [0.5, 0.6) is 0 Å². The highest BCUT2D eigenvalue weighted by molar-refractivity contribution is 6.30. The SMILES string of the molecule is C=C(C)CC1(C(=O)O)CCCCC1.CC(C)C(=O)c1cc2nc(-c3ccc(Cl)cc3)cc(C(C)(C)C)c2o1.CCCC.CCCC(C)(C)C. The van der Waals surface area contributed by atoms with Crippen LogP contribution in [0.25, 0.3) is 22.4 Å². The number of carbonyl (C=O) groups excluding carboxylic acids is 1. The number of Topliss-reactive ketones (excluding diaryl/α,β-unsaturated/α-hetero) is 1. The molecule has 2 aromatic heterocycles. The number of pyridine rings is 1. The van der Waals surface area contributed by atoms with Gasteiger partial charge < -0.3 is 9.52 Å². The van der Waals surface area contributed by atoms with Gasteiger partial charge in [-0.1, -0.05) is 144 Å². The normalized spacial score (nSPS) is 14.1. The Kier molecular flexibility index (Phi) is 18.1. The molecule has 0 atom stereocenters. The Balaban J connectivity index is 0.000000415. The number of nitrogens with zero attached hydrogens (tertiary/aromatic N) is 1. The molecule has 1 fully saturated rings. The van der Waals surface area contributed by atoms with Crippen LogP contribution in [0.1, 0.15) is 163 Å². The Bertz CT molecular complexity index is 1460. The summed E-state index contributed by atoms with van der Waals surface area (Å²) in [4.78, 5) is 28.2. The van der Waals surface area contributed by atoms with E-state index in [-0.39, 0.29) is 17.1 Å². The lowest BCUT2D eigenvalue weighted by Crippen LogP contribution is -2.33. The second-order valence-electron chi connectivity index (χ2n) is 16.2. The number of hydrogen-bond acceptors (Lipinski definition) is 4. The molecular weight excluding hydrogens is 630 g/mol. The number of benzene rings is 1. The Morgan fingerprint density at radius 1 is 0.939 bits per heavy atom. The minimum atomic E-state index is -0.629. The number of carbonyl (C=O) groups is 2. The predicted octanol–water partition coefficient (Wildman–Crippen LogP) is 13.9. The molecule has 1 saturated carbocycles. The van der Waals surface area contributed by atoms with Crippen LogP contribution in [0.2, 0.25) is 5.02 Å². The molecule has 1 aromatic carbocycles.